The van der Waals surface area contributed by atoms with E-state index in [0.29, 0.717) is 0 Å². The minimum Gasteiger partial charge on any atom is -0.456 e. The quantitative estimate of drug-likeness (QED) is 0.433. The van der Waals surface area contributed by atoms with Crippen molar-refractivity contribution in [2.45, 2.75) is 36.4 Å². The van der Waals surface area contributed by atoms with Gasteiger partial charge in [-0.15, -0.1) is 0 Å². The van der Waals surface area contributed by atoms with Crippen molar-refractivity contribution in [3.8, 4) is 0 Å². The number of ether oxygens (including phenoxy) is 2. The van der Waals surface area contributed by atoms with Crippen LogP contribution in [0.1, 0.15) is 6.92 Å². The Morgan fingerprint density at radius 2 is 2.07 bits per heavy atom. The van der Waals surface area contributed by atoms with Gasteiger partial charge in [-0.3, -0.25) is 4.79 Å². The fraction of sp³-hybridized carbons (Fsp3) is 0.875. The Labute approximate surface area is 94.9 Å². The summed E-state index contributed by atoms with van der Waals surface area (Å²) < 4.78 is 9.89. The average Bonchev–Trinajstić information content (AvgIpc) is 2.18. The van der Waals surface area contributed by atoms with Crippen LogP contribution >= 0.6 is 15.9 Å². The van der Waals surface area contributed by atoms with Gasteiger partial charge in [0, 0.05) is 6.92 Å². The van der Waals surface area contributed by atoms with E-state index in [1.165, 1.54) is 6.92 Å². The largest absolute Gasteiger partial charge is 0.456 e. The van der Waals surface area contributed by atoms with Crippen LogP contribution in [0.5, 0.6) is 0 Å². The summed E-state index contributed by atoms with van der Waals surface area (Å²) in [7, 11) is 0. The normalized spacial score (nSPS) is 41.3. The number of alkyl halides is 1. The highest BCUT2D eigenvalue weighted by molar-refractivity contribution is 9.09. The highest BCUT2D eigenvalue weighted by Gasteiger charge is 2.45. The summed E-state index contributed by atoms with van der Waals surface area (Å²) in [5.74, 6) is -0.582. The smallest absolute Gasteiger partial charge is 0.303 e. The van der Waals surface area contributed by atoms with Gasteiger partial charge in [0.15, 0.2) is 11.1 Å². The summed E-state index contributed by atoms with van der Waals surface area (Å²) in [5, 5.41) is 27.2. The van der Waals surface area contributed by atoms with Crippen molar-refractivity contribution in [3.05, 3.63) is 0 Å². The predicted molar refractivity (Wildman–Crippen MR) is 52.2 cm³/mol. The van der Waals surface area contributed by atoms with Crippen LogP contribution in [0.25, 0.3) is 0 Å². The van der Waals surface area contributed by atoms with Crippen LogP contribution in [-0.4, -0.2) is 57.3 Å². The highest BCUT2D eigenvalue weighted by atomic mass is 79.9. The van der Waals surface area contributed by atoms with Gasteiger partial charge in [0.05, 0.1) is 6.61 Å². The van der Waals surface area contributed by atoms with Gasteiger partial charge < -0.3 is 24.8 Å². The van der Waals surface area contributed by atoms with E-state index in [9.17, 15) is 15.0 Å². The van der Waals surface area contributed by atoms with E-state index in [-0.39, 0.29) is 0 Å². The zero-order valence-corrected chi connectivity index (χ0v) is 9.62. The van der Waals surface area contributed by atoms with Crippen molar-refractivity contribution in [1.29, 1.82) is 0 Å². The fourth-order valence-corrected chi connectivity index (χ4v) is 2.06. The van der Waals surface area contributed by atoms with Gasteiger partial charge in [-0.25, -0.2) is 0 Å². The monoisotopic (exact) mass is 284 g/mol. The molecular weight excluding hydrogens is 272 g/mol. The number of carbonyl (C=O) groups excluding carboxylic acids is 1. The standard InChI is InChI=1S/C8H13BrO6/c1-3(11)14-7-6(13)5(12)4(2-10)15-8(7)9/h4-8,10,12-13H,2H2,1H3/t4-,5+,6+,7-,8+/m1/s1. The molecule has 1 aliphatic rings. The molecule has 0 saturated carbocycles. The minimum atomic E-state index is -1.29. The van der Waals surface area contributed by atoms with Gasteiger partial charge in [0.2, 0.25) is 0 Å². The van der Waals surface area contributed by atoms with Crippen molar-refractivity contribution in [2.75, 3.05) is 6.61 Å². The number of aliphatic hydroxyl groups excluding tert-OH is 3. The molecule has 1 fully saturated rings. The molecule has 0 aromatic rings. The lowest BCUT2D eigenvalue weighted by molar-refractivity contribution is -0.216. The third kappa shape index (κ3) is 2.88. The lowest BCUT2D eigenvalue weighted by Gasteiger charge is -2.39. The highest BCUT2D eigenvalue weighted by Crippen LogP contribution is 2.26. The van der Waals surface area contributed by atoms with Crippen LogP contribution in [0.2, 0.25) is 0 Å². The number of hydrogen-bond donors (Lipinski definition) is 3. The van der Waals surface area contributed by atoms with Gasteiger partial charge in [-0.1, -0.05) is 15.9 Å². The molecule has 0 amide bonds. The Morgan fingerprint density at radius 3 is 2.53 bits per heavy atom. The first-order valence-electron chi connectivity index (χ1n) is 4.41. The molecule has 1 saturated heterocycles. The Morgan fingerprint density at radius 1 is 1.47 bits per heavy atom. The Bertz CT molecular complexity index is 235. The molecule has 1 rings (SSSR count). The number of hydrogen-bond acceptors (Lipinski definition) is 6. The Kier molecular flexibility index (Phi) is 4.47. The van der Waals surface area contributed by atoms with Gasteiger partial charge in [0.1, 0.15) is 18.3 Å². The Hall–Kier alpha value is -0.210. The first-order chi connectivity index (χ1) is 6.97. The molecule has 0 aromatic heterocycles. The fourth-order valence-electron chi connectivity index (χ4n) is 1.36. The van der Waals surface area contributed by atoms with Gasteiger partial charge >= 0.3 is 5.97 Å². The first kappa shape index (κ1) is 12.9. The number of halogens is 1. The molecule has 0 unspecified atom stereocenters. The van der Waals surface area contributed by atoms with E-state index in [0.717, 1.165) is 0 Å². The molecule has 0 spiro atoms. The molecule has 1 heterocycles. The van der Waals surface area contributed by atoms with E-state index in [1.54, 1.807) is 0 Å². The zero-order chi connectivity index (χ0) is 11.6. The number of aliphatic hydroxyl groups is 3. The maximum Gasteiger partial charge on any atom is 0.303 e. The van der Waals surface area contributed by atoms with Gasteiger partial charge in [-0.2, -0.15) is 0 Å². The van der Waals surface area contributed by atoms with Crippen LogP contribution < -0.4 is 0 Å². The maximum absolute atomic E-state index is 10.7. The average molecular weight is 285 g/mol. The lowest BCUT2D eigenvalue weighted by atomic mass is 10.0. The SMILES string of the molecule is CC(=O)O[C@@H]1[C@@H](O)[C@@H](O)[C@@H](CO)O[C@@H]1Br. The van der Waals surface area contributed by atoms with Crippen LogP contribution in [-0.2, 0) is 14.3 Å². The molecule has 88 valence electrons. The third-order valence-electron chi connectivity index (χ3n) is 2.11. The van der Waals surface area contributed by atoms with Crippen LogP contribution in [0.15, 0.2) is 0 Å². The topological polar surface area (TPSA) is 96.2 Å². The summed E-state index contributed by atoms with van der Waals surface area (Å²) in [6, 6.07) is 0. The van der Waals surface area contributed by atoms with Crippen molar-refractivity contribution < 1.29 is 29.6 Å². The van der Waals surface area contributed by atoms with Gasteiger partial charge in [-0.05, 0) is 0 Å². The molecule has 15 heavy (non-hydrogen) atoms. The van der Waals surface area contributed by atoms with Gasteiger partial charge in [0.25, 0.3) is 0 Å². The van der Waals surface area contributed by atoms with E-state index in [1.807, 2.05) is 0 Å². The second-order valence-corrected chi connectivity index (χ2v) is 4.17. The summed E-state index contributed by atoms with van der Waals surface area (Å²) >= 11 is 3.05. The van der Waals surface area contributed by atoms with Crippen molar-refractivity contribution in [3.63, 3.8) is 0 Å². The van der Waals surface area contributed by atoms with E-state index >= 15 is 0 Å². The Balaban J connectivity index is 2.70. The molecule has 5 atom stereocenters. The summed E-state index contributed by atoms with van der Waals surface area (Å²) in [5.41, 5.74) is 0. The van der Waals surface area contributed by atoms with E-state index < -0.39 is 42.0 Å². The second kappa shape index (κ2) is 5.22. The number of rotatable bonds is 2. The maximum atomic E-state index is 10.7. The summed E-state index contributed by atoms with van der Waals surface area (Å²) in [4.78, 5) is 10.7. The second-order valence-electron chi connectivity index (χ2n) is 3.26. The third-order valence-corrected chi connectivity index (χ3v) is 2.85. The predicted octanol–water partition coefficient (Wildman–Crippen LogP) is -1.25. The summed E-state index contributed by atoms with van der Waals surface area (Å²) in [6.07, 6.45) is -4.45. The van der Waals surface area contributed by atoms with Crippen LogP contribution in [0.3, 0.4) is 0 Å². The molecule has 3 N–H and O–H groups in total. The van der Waals surface area contributed by atoms with Crippen molar-refractivity contribution in [1.82, 2.24) is 0 Å². The molecule has 0 aromatic carbocycles. The van der Waals surface area contributed by atoms with E-state index in [2.05, 4.69) is 15.9 Å². The molecular formula is C8H13BrO6. The van der Waals surface area contributed by atoms with Crippen molar-refractivity contribution >= 4 is 21.9 Å². The van der Waals surface area contributed by atoms with Crippen LogP contribution in [0, 0.1) is 0 Å². The summed E-state index contributed by atoms with van der Waals surface area (Å²) in [6.45, 7) is 0.768. The molecule has 1 aliphatic heterocycles. The molecule has 0 aliphatic carbocycles. The lowest BCUT2D eigenvalue weighted by Crippen LogP contribution is -2.58. The molecule has 0 radical (unpaired) electrons. The van der Waals surface area contributed by atoms with E-state index in [4.69, 9.17) is 14.6 Å². The number of esters is 1. The zero-order valence-electron chi connectivity index (χ0n) is 8.04. The first-order valence-corrected chi connectivity index (χ1v) is 5.32. The molecule has 0 bridgehead atoms. The minimum absolute atomic E-state index is 0.423. The van der Waals surface area contributed by atoms with Crippen LogP contribution in [0.4, 0.5) is 0 Å². The molecule has 7 heteroatoms. The molecule has 6 nitrogen and oxygen atoms in total. The van der Waals surface area contributed by atoms with Crippen molar-refractivity contribution in [2.24, 2.45) is 0 Å². The number of carbonyl (C=O) groups is 1.